The van der Waals surface area contributed by atoms with Crippen molar-refractivity contribution in [2.24, 2.45) is 0 Å². The number of amides is 1. The number of likely N-dealkylation sites (tertiary alicyclic amines) is 1. The highest BCUT2D eigenvalue weighted by molar-refractivity contribution is 5.78. The second kappa shape index (κ2) is 8.89. The third kappa shape index (κ3) is 5.20. The van der Waals surface area contributed by atoms with Gasteiger partial charge >= 0.3 is 0 Å². The van der Waals surface area contributed by atoms with Crippen molar-refractivity contribution < 1.29 is 28.5 Å². The molecule has 2 aliphatic heterocycles. The van der Waals surface area contributed by atoms with E-state index in [0.29, 0.717) is 49.7 Å². The predicted octanol–water partition coefficient (Wildman–Crippen LogP) is 2.08. The number of carbonyl (C=O) groups is 1. The summed E-state index contributed by atoms with van der Waals surface area (Å²) in [5, 5.41) is 13.6. The monoisotopic (exact) mass is 416 g/mol. The number of nitrogens with zero attached hydrogens (tertiary/aromatic N) is 1. The zero-order chi connectivity index (χ0) is 21.0. The lowest BCUT2D eigenvalue weighted by molar-refractivity contribution is -0.124. The van der Waals surface area contributed by atoms with Crippen LogP contribution in [0.1, 0.15) is 18.4 Å². The molecule has 0 saturated carbocycles. The SMILES string of the molecule is O=C(CN1CCC(O)(COc2ccc(F)cc2)CC1)NCc1ccc2c(c1)OCO2. The van der Waals surface area contributed by atoms with Crippen LogP contribution in [-0.4, -0.2) is 54.5 Å². The minimum Gasteiger partial charge on any atom is -0.491 e. The Morgan fingerprint density at radius 1 is 1.13 bits per heavy atom. The number of halogens is 1. The molecule has 8 heteroatoms. The molecule has 0 unspecified atom stereocenters. The molecule has 2 aromatic carbocycles. The molecule has 2 aromatic rings. The number of benzene rings is 2. The van der Waals surface area contributed by atoms with Gasteiger partial charge in [-0.1, -0.05) is 6.07 Å². The molecule has 0 aromatic heterocycles. The molecule has 1 amide bonds. The van der Waals surface area contributed by atoms with Gasteiger partial charge in [-0.05, 0) is 54.8 Å². The highest BCUT2D eigenvalue weighted by Gasteiger charge is 2.33. The van der Waals surface area contributed by atoms with Gasteiger partial charge < -0.3 is 24.6 Å². The normalized spacial score (nSPS) is 17.5. The Balaban J connectivity index is 1.18. The van der Waals surface area contributed by atoms with E-state index < -0.39 is 5.60 Å². The molecular weight excluding hydrogens is 391 g/mol. The van der Waals surface area contributed by atoms with Gasteiger partial charge in [0.15, 0.2) is 11.5 Å². The largest absolute Gasteiger partial charge is 0.491 e. The number of fused-ring (bicyclic) bond motifs is 1. The van der Waals surface area contributed by atoms with E-state index in [2.05, 4.69) is 5.32 Å². The van der Waals surface area contributed by atoms with E-state index in [0.717, 1.165) is 5.56 Å². The van der Waals surface area contributed by atoms with Gasteiger partial charge in [0.1, 0.15) is 23.8 Å². The van der Waals surface area contributed by atoms with E-state index in [-0.39, 0.29) is 31.7 Å². The second-order valence-corrected chi connectivity index (χ2v) is 7.71. The zero-order valence-electron chi connectivity index (χ0n) is 16.6. The van der Waals surface area contributed by atoms with Gasteiger partial charge in [-0.2, -0.15) is 0 Å². The summed E-state index contributed by atoms with van der Waals surface area (Å²) < 4.78 is 29.2. The third-order valence-corrected chi connectivity index (χ3v) is 5.40. The zero-order valence-corrected chi connectivity index (χ0v) is 16.6. The number of rotatable bonds is 7. The molecule has 0 aliphatic carbocycles. The molecule has 0 atom stereocenters. The molecular formula is C22H25FN2O5. The van der Waals surface area contributed by atoms with Crippen molar-refractivity contribution in [2.45, 2.75) is 25.0 Å². The molecule has 4 rings (SSSR count). The Hall–Kier alpha value is -2.84. The Kier molecular flexibility index (Phi) is 6.06. The van der Waals surface area contributed by atoms with Crippen molar-refractivity contribution in [2.75, 3.05) is 33.0 Å². The van der Waals surface area contributed by atoms with Gasteiger partial charge in [-0.25, -0.2) is 4.39 Å². The molecule has 7 nitrogen and oxygen atoms in total. The van der Waals surface area contributed by atoms with Crippen LogP contribution < -0.4 is 19.5 Å². The number of ether oxygens (including phenoxy) is 3. The molecule has 1 fully saturated rings. The molecule has 2 aliphatic rings. The fourth-order valence-corrected chi connectivity index (χ4v) is 3.53. The van der Waals surface area contributed by atoms with Gasteiger partial charge in [0.2, 0.25) is 12.7 Å². The van der Waals surface area contributed by atoms with Gasteiger partial charge in [-0.3, -0.25) is 9.69 Å². The first-order valence-corrected chi connectivity index (χ1v) is 9.97. The lowest BCUT2D eigenvalue weighted by Gasteiger charge is -2.37. The topological polar surface area (TPSA) is 80.3 Å². The summed E-state index contributed by atoms with van der Waals surface area (Å²) in [5.74, 6) is 1.54. The van der Waals surface area contributed by atoms with Crippen LogP contribution in [0, 0.1) is 5.82 Å². The molecule has 30 heavy (non-hydrogen) atoms. The van der Waals surface area contributed by atoms with Crippen LogP contribution in [0.5, 0.6) is 17.2 Å². The first-order valence-electron chi connectivity index (χ1n) is 9.97. The average Bonchev–Trinajstić information content (AvgIpc) is 3.22. The van der Waals surface area contributed by atoms with Gasteiger partial charge in [0.25, 0.3) is 0 Å². The van der Waals surface area contributed by atoms with E-state index in [1.165, 1.54) is 24.3 Å². The van der Waals surface area contributed by atoms with Crippen LogP contribution in [0.2, 0.25) is 0 Å². The van der Waals surface area contributed by atoms with E-state index >= 15 is 0 Å². The fourth-order valence-electron chi connectivity index (χ4n) is 3.53. The second-order valence-electron chi connectivity index (χ2n) is 7.71. The minimum absolute atomic E-state index is 0.0688. The highest BCUT2D eigenvalue weighted by atomic mass is 19.1. The Morgan fingerprint density at radius 3 is 2.63 bits per heavy atom. The molecule has 0 bridgehead atoms. The standard InChI is InChI=1S/C22H25FN2O5/c23-17-2-4-18(5-3-17)28-14-22(27)7-9-25(10-8-22)13-21(26)24-12-16-1-6-19-20(11-16)30-15-29-19/h1-6,11,27H,7-10,12-15H2,(H,24,26). The summed E-state index contributed by atoms with van der Waals surface area (Å²) in [6.07, 6.45) is 1.01. The van der Waals surface area contributed by atoms with E-state index in [1.807, 2.05) is 23.1 Å². The highest BCUT2D eigenvalue weighted by Crippen LogP contribution is 2.32. The van der Waals surface area contributed by atoms with E-state index in [1.54, 1.807) is 0 Å². The Labute approximate surface area is 174 Å². The molecule has 2 heterocycles. The van der Waals surface area contributed by atoms with Crippen molar-refractivity contribution in [3.63, 3.8) is 0 Å². The number of hydrogen-bond donors (Lipinski definition) is 2. The first-order chi connectivity index (χ1) is 14.5. The molecule has 1 saturated heterocycles. The van der Waals surface area contributed by atoms with E-state index in [9.17, 15) is 14.3 Å². The number of carbonyl (C=O) groups excluding carboxylic acids is 1. The average molecular weight is 416 g/mol. The van der Waals surface area contributed by atoms with Gasteiger partial charge in [0, 0.05) is 19.6 Å². The Morgan fingerprint density at radius 2 is 1.87 bits per heavy atom. The summed E-state index contributed by atoms with van der Waals surface area (Å²) in [5.41, 5.74) is -0.00743. The number of nitrogens with one attached hydrogen (secondary N) is 1. The molecule has 0 radical (unpaired) electrons. The smallest absolute Gasteiger partial charge is 0.234 e. The molecule has 160 valence electrons. The van der Waals surface area contributed by atoms with Crippen LogP contribution in [-0.2, 0) is 11.3 Å². The first kappa shape index (κ1) is 20.4. The summed E-state index contributed by atoms with van der Waals surface area (Å²) in [6.45, 7) is 2.25. The van der Waals surface area contributed by atoms with Gasteiger partial charge in [-0.15, -0.1) is 0 Å². The van der Waals surface area contributed by atoms with Crippen molar-refractivity contribution in [1.29, 1.82) is 0 Å². The maximum atomic E-state index is 13.0. The van der Waals surface area contributed by atoms with Crippen molar-refractivity contribution >= 4 is 5.91 Å². The van der Waals surface area contributed by atoms with Crippen molar-refractivity contribution in [1.82, 2.24) is 10.2 Å². The molecule has 2 N–H and O–H groups in total. The quantitative estimate of drug-likeness (QED) is 0.720. The summed E-state index contributed by atoms with van der Waals surface area (Å²) in [4.78, 5) is 14.3. The minimum atomic E-state index is -0.951. The van der Waals surface area contributed by atoms with Crippen LogP contribution in [0.4, 0.5) is 4.39 Å². The van der Waals surface area contributed by atoms with Crippen LogP contribution in [0.25, 0.3) is 0 Å². The van der Waals surface area contributed by atoms with Crippen LogP contribution in [0.15, 0.2) is 42.5 Å². The fraction of sp³-hybridized carbons (Fsp3) is 0.409. The summed E-state index contributed by atoms with van der Waals surface area (Å²) >= 11 is 0. The predicted molar refractivity (Wildman–Crippen MR) is 107 cm³/mol. The lowest BCUT2D eigenvalue weighted by Crippen LogP contribution is -2.50. The number of aliphatic hydroxyl groups is 1. The van der Waals surface area contributed by atoms with Crippen LogP contribution >= 0.6 is 0 Å². The summed E-state index contributed by atoms with van der Waals surface area (Å²) in [7, 11) is 0. The van der Waals surface area contributed by atoms with E-state index in [4.69, 9.17) is 14.2 Å². The maximum Gasteiger partial charge on any atom is 0.234 e. The number of hydrogen-bond acceptors (Lipinski definition) is 6. The summed E-state index contributed by atoms with van der Waals surface area (Å²) in [6, 6.07) is 11.3. The lowest BCUT2D eigenvalue weighted by atomic mass is 9.92. The number of piperidine rings is 1. The maximum absolute atomic E-state index is 13.0. The van der Waals surface area contributed by atoms with Crippen molar-refractivity contribution in [3.8, 4) is 17.2 Å². The molecule has 0 spiro atoms. The van der Waals surface area contributed by atoms with Crippen LogP contribution in [0.3, 0.4) is 0 Å². The Bertz CT molecular complexity index is 882. The third-order valence-electron chi connectivity index (χ3n) is 5.40. The van der Waals surface area contributed by atoms with Crippen molar-refractivity contribution in [3.05, 3.63) is 53.8 Å². The van der Waals surface area contributed by atoms with Gasteiger partial charge in [0.05, 0.1) is 6.54 Å².